The molecule has 0 saturated heterocycles. The first-order chi connectivity index (χ1) is 13.2. The third-order valence-electron chi connectivity index (χ3n) is 3.71. The van der Waals surface area contributed by atoms with E-state index in [2.05, 4.69) is 10.1 Å². The lowest BCUT2D eigenvalue weighted by Crippen LogP contribution is -2.30. The molecule has 27 heavy (non-hydrogen) atoms. The zero-order valence-electron chi connectivity index (χ0n) is 14.0. The number of carbonyl (C=O) groups excluding carboxylic acids is 1. The lowest BCUT2D eigenvalue weighted by atomic mass is 10.2. The molecule has 0 unspecified atom stereocenters. The van der Waals surface area contributed by atoms with Gasteiger partial charge in [-0.25, -0.2) is 9.37 Å². The Morgan fingerprint density at radius 2 is 2.00 bits per heavy atom. The Morgan fingerprint density at radius 1 is 1.19 bits per heavy atom. The van der Waals surface area contributed by atoms with Crippen LogP contribution in [-0.4, -0.2) is 30.3 Å². The SMILES string of the molecule is O=C(C1=COCCO1)N(/N=C/c1ccc(F)cc1)c1nc2ccccc2s1. The summed E-state index contributed by atoms with van der Waals surface area (Å²) in [5.74, 6) is -0.784. The molecule has 6 nitrogen and oxygen atoms in total. The van der Waals surface area contributed by atoms with E-state index in [0.29, 0.717) is 17.3 Å². The maximum Gasteiger partial charge on any atom is 0.319 e. The Labute approximate surface area is 158 Å². The highest BCUT2D eigenvalue weighted by Gasteiger charge is 2.26. The van der Waals surface area contributed by atoms with Crippen LogP contribution in [0.4, 0.5) is 9.52 Å². The first kappa shape index (κ1) is 17.2. The van der Waals surface area contributed by atoms with Crippen LogP contribution in [0.15, 0.2) is 65.7 Å². The first-order valence-electron chi connectivity index (χ1n) is 8.15. The molecule has 1 aliphatic heterocycles. The van der Waals surface area contributed by atoms with Crippen molar-refractivity contribution in [3.63, 3.8) is 0 Å². The van der Waals surface area contributed by atoms with Gasteiger partial charge in [0.2, 0.25) is 10.9 Å². The molecule has 0 fully saturated rings. The summed E-state index contributed by atoms with van der Waals surface area (Å²) in [4.78, 5) is 17.4. The largest absolute Gasteiger partial charge is 0.494 e. The van der Waals surface area contributed by atoms with Gasteiger partial charge in [0.15, 0.2) is 0 Å². The van der Waals surface area contributed by atoms with Crippen molar-refractivity contribution < 1.29 is 18.7 Å². The Kier molecular flexibility index (Phi) is 4.80. The Hall–Kier alpha value is -3.26. The van der Waals surface area contributed by atoms with Crippen LogP contribution in [0.3, 0.4) is 0 Å². The molecule has 0 atom stereocenters. The zero-order valence-corrected chi connectivity index (χ0v) is 14.9. The molecule has 1 amide bonds. The number of hydrazone groups is 1. The minimum atomic E-state index is -0.493. The average Bonchev–Trinajstić information content (AvgIpc) is 3.14. The number of nitrogens with zero attached hydrogens (tertiary/aromatic N) is 3. The van der Waals surface area contributed by atoms with Crippen LogP contribution >= 0.6 is 11.3 Å². The maximum atomic E-state index is 13.1. The van der Waals surface area contributed by atoms with Crippen molar-refractivity contribution in [2.24, 2.45) is 5.10 Å². The van der Waals surface area contributed by atoms with Gasteiger partial charge in [-0.05, 0) is 29.8 Å². The van der Waals surface area contributed by atoms with Crippen molar-refractivity contribution in [2.75, 3.05) is 18.2 Å². The van der Waals surface area contributed by atoms with Gasteiger partial charge >= 0.3 is 5.91 Å². The number of ether oxygens (including phenoxy) is 2. The number of thiazole rings is 1. The van der Waals surface area contributed by atoms with E-state index in [-0.39, 0.29) is 18.2 Å². The standard InChI is InChI=1S/C19H14FN3O3S/c20-14-7-5-13(6-8-14)11-21-23(18(24)16-12-25-9-10-26-16)19-22-15-3-1-2-4-17(15)27-19/h1-8,11-12H,9-10H2/b21-11+. The number of rotatable bonds is 4. The number of fused-ring (bicyclic) bond motifs is 1. The van der Waals surface area contributed by atoms with Crippen LogP contribution < -0.4 is 5.01 Å². The van der Waals surface area contributed by atoms with E-state index in [9.17, 15) is 9.18 Å². The summed E-state index contributed by atoms with van der Waals surface area (Å²) in [6.07, 6.45) is 2.74. The van der Waals surface area contributed by atoms with E-state index in [1.54, 1.807) is 12.1 Å². The number of benzene rings is 2. The van der Waals surface area contributed by atoms with Crippen LogP contribution in [0.2, 0.25) is 0 Å². The van der Waals surface area contributed by atoms with Gasteiger partial charge in [0.05, 0.1) is 16.4 Å². The normalized spacial score (nSPS) is 13.9. The van der Waals surface area contributed by atoms with E-state index < -0.39 is 5.91 Å². The van der Waals surface area contributed by atoms with E-state index in [0.717, 1.165) is 15.2 Å². The van der Waals surface area contributed by atoms with Crippen LogP contribution in [0.25, 0.3) is 10.2 Å². The summed E-state index contributed by atoms with van der Waals surface area (Å²) in [6.45, 7) is 0.670. The van der Waals surface area contributed by atoms with Crippen LogP contribution in [-0.2, 0) is 14.3 Å². The fraction of sp³-hybridized carbons (Fsp3) is 0.105. The number of para-hydroxylation sites is 1. The van der Waals surface area contributed by atoms with Crippen molar-refractivity contribution in [3.8, 4) is 0 Å². The topological polar surface area (TPSA) is 64.0 Å². The minimum absolute atomic E-state index is 0.0526. The fourth-order valence-corrected chi connectivity index (χ4v) is 3.32. The molecule has 3 aromatic rings. The molecule has 0 bridgehead atoms. The number of halogens is 1. The molecular formula is C19H14FN3O3S. The highest BCUT2D eigenvalue weighted by molar-refractivity contribution is 7.22. The zero-order chi connectivity index (χ0) is 18.6. The van der Waals surface area contributed by atoms with Gasteiger partial charge in [0.25, 0.3) is 0 Å². The molecule has 8 heteroatoms. The summed E-state index contributed by atoms with van der Waals surface area (Å²) in [5, 5.41) is 5.83. The third kappa shape index (κ3) is 3.80. The molecule has 0 N–H and O–H groups in total. The monoisotopic (exact) mass is 383 g/mol. The molecule has 1 aliphatic rings. The van der Waals surface area contributed by atoms with Crippen molar-refractivity contribution in [1.82, 2.24) is 4.98 Å². The van der Waals surface area contributed by atoms with Gasteiger partial charge in [-0.2, -0.15) is 10.1 Å². The molecule has 4 rings (SSSR count). The van der Waals surface area contributed by atoms with Gasteiger partial charge in [-0.15, -0.1) is 0 Å². The Balaban J connectivity index is 1.70. The molecule has 0 aliphatic carbocycles. The van der Waals surface area contributed by atoms with Gasteiger partial charge in [0.1, 0.15) is 25.3 Å². The summed E-state index contributed by atoms with van der Waals surface area (Å²) < 4.78 is 24.6. The van der Waals surface area contributed by atoms with Gasteiger partial charge in [-0.3, -0.25) is 4.79 Å². The summed E-state index contributed by atoms with van der Waals surface area (Å²) >= 11 is 1.33. The van der Waals surface area contributed by atoms with Crippen molar-refractivity contribution in [1.29, 1.82) is 0 Å². The quantitative estimate of drug-likeness (QED) is 0.509. The number of anilines is 1. The fourth-order valence-electron chi connectivity index (χ4n) is 2.40. The predicted octanol–water partition coefficient (Wildman–Crippen LogP) is 3.69. The number of hydrogen-bond acceptors (Lipinski definition) is 6. The summed E-state index contributed by atoms with van der Waals surface area (Å²) in [6, 6.07) is 13.3. The lowest BCUT2D eigenvalue weighted by Gasteiger charge is -2.19. The van der Waals surface area contributed by atoms with Crippen LogP contribution in [0, 0.1) is 5.82 Å². The minimum Gasteiger partial charge on any atom is -0.494 e. The molecule has 136 valence electrons. The Bertz CT molecular complexity index is 997. The van der Waals surface area contributed by atoms with E-state index in [1.165, 1.54) is 35.9 Å². The predicted molar refractivity (Wildman–Crippen MR) is 101 cm³/mol. The molecule has 0 spiro atoms. The molecule has 2 aromatic carbocycles. The van der Waals surface area contributed by atoms with E-state index >= 15 is 0 Å². The molecule has 0 saturated carbocycles. The third-order valence-corrected chi connectivity index (χ3v) is 4.72. The number of hydrogen-bond donors (Lipinski definition) is 0. The molecule has 0 radical (unpaired) electrons. The summed E-state index contributed by atoms with van der Waals surface area (Å²) in [7, 11) is 0. The number of carbonyl (C=O) groups is 1. The van der Waals surface area contributed by atoms with Crippen molar-refractivity contribution in [3.05, 3.63) is 71.9 Å². The second-order valence-corrected chi connectivity index (χ2v) is 6.59. The second kappa shape index (κ2) is 7.55. The number of aromatic nitrogens is 1. The highest BCUT2D eigenvalue weighted by atomic mass is 32.1. The highest BCUT2D eigenvalue weighted by Crippen LogP contribution is 2.30. The first-order valence-corrected chi connectivity index (χ1v) is 8.96. The summed E-state index contributed by atoms with van der Waals surface area (Å²) in [5.41, 5.74) is 1.41. The van der Waals surface area contributed by atoms with Gasteiger partial charge < -0.3 is 9.47 Å². The smallest absolute Gasteiger partial charge is 0.319 e. The lowest BCUT2D eigenvalue weighted by molar-refractivity contribution is -0.119. The molecule has 1 aromatic heterocycles. The Morgan fingerprint density at radius 3 is 2.74 bits per heavy atom. The molecule has 2 heterocycles. The second-order valence-electron chi connectivity index (χ2n) is 5.58. The number of amides is 1. The van der Waals surface area contributed by atoms with Crippen LogP contribution in [0.1, 0.15) is 5.56 Å². The van der Waals surface area contributed by atoms with E-state index in [1.807, 2.05) is 24.3 Å². The van der Waals surface area contributed by atoms with E-state index in [4.69, 9.17) is 9.47 Å². The van der Waals surface area contributed by atoms with Gasteiger partial charge in [-0.1, -0.05) is 35.6 Å². The maximum absolute atomic E-state index is 13.1. The van der Waals surface area contributed by atoms with Crippen molar-refractivity contribution in [2.45, 2.75) is 0 Å². The van der Waals surface area contributed by atoms with Crippen molar-refractivity contribution >= 4 is 38.8 Å². The van der Waals surface area contributed by atoms with Crippen LogP contribution in [0.5, 0.6) is 0 Å². The van der Waals surface area contributed by atoms with Gasteiger partial charge in [0, 0.05) is 0 Å². The average molecular weight is 383 g/mol. The molecular weight excluding hydrogens is 369 g/mol.